The normalized spacial score (nSPS) is 22.6. The molecule has 2 rings (SSSR count). The highest BCUT2D eigenvalue weighted by molar-refractivity contribution is 6.03. The van der Waals surface area contributed by atoms with E-state index in [2.05, 4.69) is 0 Å². The molecule has 84 valence electrons. The lowest BCUT2D eigenvalue weighted by molar-refractivity contribution is -0.137. The number of carbonyl (C=O) groups is 2. The molecule has 16 heavy (non-hydrogen) atoms. The summed E-state index contributed by atoms with van der Waals surface area (Å²) in [6, 6.07) is 9.86. The third-order valence-electron chi connectivity index (χ3n) is 3.35. The first-order valence-corrected chi connectivity index (χ1v) is 5.46. The maximum Gasteiger partial charge on any atom is 0.233 e. The van der Waals surface area contributed by atoms with Crippen molar-refractivity contribution in [2.24, 2.45) is 5.92 Å². The Labute approximate surface area is 95.1 Å². The molecule has 2 atom stereocenters. The average Bonchev–Trinajstić information content (AvgIpc) is 2.57. The van der Waals surface area contributed by atoms with Crippen molar-refractivity contribution in [2.75, 3.05) is 7.05 Å². The number of hydrogen-bond donors (Lipinski definition) is 0. The molecule has 0 bridgehead atoms. The maximum atomic E-state index is 11.8. The van der Waals surface area contributed by atoms with E-state index in [1.807, 2.05) is 37.3 Å². The molecule has 0 unspecified atom stereocenters. The third-order valence-corrected chi connectivity index (χ3v) is 3.35. The molecule has 1 heterocycles. The molecule has 0 spiro atoms. The van der Waals surface area contributed by atoms with Gasteiger partial charge < -0.3 is 0 Å². The summed E-state index contributed by atoms with van der Waals surface area (Å²) in [5, 5.41) is 0. The highest BCUT2D eigenvalue weighted by atomic mass is 16.2. The summed E-state index contributed by atoms with van der Waals surface area (Å²) in [6.07, 6.45) is 0.339. The molecule has 3 heteroatoms. The summed E-state index contributed by atoms with van der Waals surface area (Å²) in [6.45, 7) is 2.00. The van der Waals surface area contributed by atoms with Crippen LogP contribution in [0.15, 0.2) is 30.3 Å². The highest BCUT2D eigenvalue weighted by Gasteiger charge is 2.39. The standard InChI is InChI=1S/C13H15NO2/c1-9(10-6-4-3-5-7-10)11-8-12(15)14(2)13(11)16/h3-7,9,11H,8H2,1-2H3/t9-,11+/m0/s1. The first kappa shape index (κ1) is 10.9. The van der Waals surface area contributed by atoms with Gasteiger partial charge in [0, 0.05) is 13.5 Å². The minimum Gasteiger partial charge on any atom is -0.285 e. The highest BCUT2D eigenvalue weighted by Crippen LogP contribution is 2.32. The summed E-state index contributed by atoms with van der Waals surface area (Å²) in [5.41, 5.74) is 1.11. The fourth-order valence-electron chi connectivity index (χ4n) is 2.16. The van der Waals surface area contributed by atoms with Gasteiger partial charge in [0.25, 0.3) is 0 Å². The molecule has 0 saturated carbocycles. The molecule has 1 aromatic rings. The van der Waals surface area contributed by atoms with Crippen LogP contribution < -0.4 is 0 Å². The van der Waals surface area contributed by atoms with Gasteiger partial charge in [-0.1, -0.05) is 37.3 Å². The van der Waals surface area contributed by atoms with Crippen molar-refractivity contribution in [1.82, 2.24) is 4.90 Å². The number of benzene rings is 1. The van der Waals surface area contributed by atoms with Gasteiger partial charge >= 0.3 is 0 Å². The van der Waals surface area contributed by atoms with E-state index in [0.717, 1.165) is 5.56 Å². The second-order valence-electron chi connectivity index (χ2n) is 4.30. The van der Waals surface area contributed by atoms with Crippen LogP contribution in [0, 0.1) is 5.92 Å². The van der Waals surface area contributed by atoms with E-state index in [1.165, 1.54) is 4.90 Å². The smallest absolute Gasteiger partial charge is 0.233 e. The van der Waals surface area contributed by atoms with Gasteiger partial charge in [-0.3, -0.25) is 14.5 Å². The van der Waals surface area contributed by atoms with Gasteiger partial charge in [-0.25, -0.2) is 0 Å². The zero-order valence-corrected chi connectivity index (χ0v) is 9.51. The maximum absolute atomic E-state index is 11.8. The third kappa shape index (κ3) is 1.73. The van der Waals surface area contributed by atoms with Crippen LogP contribution in [0.1, 0.15) is 24.8 Å². The Kier molecular flexibility index (Phi) is 2.77. The van der Waals surface area contributed by atoms with Crippen molar-refractivity contribution in [3.8, 4) is 0 Å². The number of hydrogen-bond acceptors (Lipinski definition) is 2. The van der Waals surface area contributed by atoms with Gasteiger partial charge in [-0.2, -0.15) is 0 Å². The molecular weight excluding hydrogens is 202 g/mol. The Morgan fingerprint density at radius 2 is 1.88 bits per heavy atom. The summed E-state index contributed by atoms with van der Waals surface area (Å²) in [5.74, 6) is -0.221. The molecule has 3 nitrogen and oxygen atoms in total. The van der Waals surface area contributed by atoms with Gasteiger partial charge in [0.2, 0.25) is 11.8 Å². The summed E-state index contributed by atoms with van der Waals surface area (Å²) in [7, 11) is 1.56. The van der Waals surface area contributed by atoms with Crippen LogP contribution in [-0.4, -0.2) is 23.8 Å². The van der Waals surface area contributed by atoms with Crippen LogP contribution in [-0.2, 0) is 9.59 Å². The molecule has 1 aliphatic rings. The predicted octanol–water partition coefficient (Wildman–Crippen LogP) is 1.79. The van der Waals surface area contributed by atoms with E-state index in [1.54, 1.807) is 7.05 Å². The van der Waals surface area contributed by atoms with Crippen LogP contribution in [0.5, 0.6) is 0 Å². The van der Waals surface area contributed by atoms with Crippen LogP contribution >= 0.6 is 0 Å². The minimum atomic E-state index is -0.195. The van der Waals surface area contributed by atoms with Gasteiger partial charge in [0.15, 0.2) is 0 Å². The first-order valence-electron chi connectivity index (χ1n) is 5.46. The summed E-state index contributed by atoms with van der Waals surface area (Å²) >= 11 is 0. The van der Waals surface area contributed by atoms with Crippen molar-refractivity contribution in [3.63, 3.8) is 0 Å². The summed E-state index contributed by atoms with van der Waals surface area (Å²) in [4.78, 5) is 24.5. The van der Waals surface area contributed by atoms with Gasteiger partial charge in [0.1, 0.15) is 0 Å². The van der Waals surface area contributed by atoms with E-state index in [-0.39, 0.29) is 23.7 Å². The average molecular weight is 217 g/mol. The quantitative estimate of drug-likeness (QED) is 0.708. The molecular formula is C13H15NO2. The minimum absolute atomic E-state index is 0.0543. The van der Waals surface area contributed by atoms with Crippen molar-refractivity contribution in [3.05, 3.63) is 35.9 Å². The van der Waals surface area contributed by atoms with Crippen molar-refractivity contribution < 1.29 is 9.59 Å². The van der Waals surface area contributed by atoms with E-state index < -0.39 is 0 Å². The second-order valence-corrected chi connectivity index (χ2v) is 4.30. The lowest BCUT2D eigenvalue weighted by atomic mass is 9.86. The molecule has 1 aromatic carbocycles. The zero-order chi connectivity index (χ0) is 11.7. The Hall–Kier alpha value is -1.64. The number of nitrogens with zero attached hydrogens (tertiary/aromatic N) is 1. The van der Waals surface area contributed by atoms with Crippen LogP contribution in [0.2, 0.25) is 0 Å². The Morgan fingerprint density at radius 1 is 1.25 bits per heavy atom. The monoisotopic (exact) mass is 217 g/mol. The largest absolute Gasteiger partial charge is 0.285 e. The van der Waals surface area contributed by atoms with E-state index in [0.29, 0.717) is 6.42 Å². The Morgan fingerprint density at radius 3 is 2.38 bits per heavy atom. The summed E-state index contributed by atoms with van der Waals surface area (Å²) < 4.78 is 0. The lowest BCUT2D eigenvalue weighted by Gasteiger charge is -2.17. The van der Waals surface area contributed by atoms with Crippen LogP contribution in [0.25, 0.3) is 0 Å². The Bertz CT molecular complexity index is 413. The van der Waals surface area contributed by atoms with Crippen molar-refractivity contribution >= 4 is 11.8 Å². The van der Waals surface area contributed by atoms with Crippen molar-refractivity contribution in [1.29, 1.82) is 0 Å². The fourth-order valence-corrected chi connectivity index (χ4v) is 2.16. The van der Waals surface area contributed by atoms with Crippen LogP contribution in [0.4, 0.5) is 0 Å². The lowest BCUT2D eigenvalue weighted by Crippen LogP contribution is -2.27. The first-order chi connectivity index (χ1) is 7.61. The number of rotatable bonds is 2. The number of imide groups is 1. The molecule has 0 aliphatic carbocycles. The van der Waals surface area contributed by atoms with Gasteiger partial charge in [0.05, 0.1) is 5.92 Å². The van der Waals surface area contributed by atoms with E-state index in [9.17, 15) is 9.59 Å². The SMILES string of the molecule is C[C@@H](c1ccccc1)[C@H]1CC(=O)N(C)C1=O. The molecule has 1 fully saturated rings. The molecule has 0 N–H and O–H groups in total. The Balaban J connectivity index is 2.21. The fraction of sp³-hybridized carbons (Fsp3) is 0.385. The number of amides is 2. The topological polar surface area (TPSA) is 37.4 Å². The second kappa shape index (κ2) is 4.08. The molecule has 1 aliphatic heterocycles. The number of carbonyl (C=O) groups excluding carboxylic acids is 2. The molecule has 0 radical (unpaired) electrons. The zero-order valence-electron chi connectivity index (χ0n) is 9.51. The van der Waals surface area contributed by atoms with Gasteiger partial charge in [-0.05, 0) is 11.5 Å². The van der Waals surface area contributed by atoms with E-state index >= 15 is 0 Å². The van der Waals surface area contributed by atoms with Crippen molar-refractivity contribution in [2.45, 2.75) is 19.3 Å². The van der Waals surface area contributed by atoms with Crippen LogP contribution in [0.3, 0.4) is 0 Å². The van der Waals surface area contributed by atoms with Gasteiger partial charge in [-0.15, -0.1) is 0 Å². The molecule has 1 saturated heterocycles. The molecule has 2 amide bonds. The predicted molar refractivity (Wildman–Crippen MR) is 60.7 cm³/mol. The molecule has 0 aromatic heterocycles. The number of likely N-dealkylation sites (tertiary alicyclic amines) is 1. The van der Waals surface area contributed by atoms with E-state index in [4.69, 9.17) is 0 Å².